The van der Waals surface area contributed by atoms with Gasteiger partial charge in [0.05, 0.1) is 0 Å². The van der Waals surface area contributed by atoms with Crippen LogP contribution in [-0.4, -0.2) is 43.5 Å². The van der Waals surface area contributed by atoms with Gasteiger partial charge in [0, 0.05) is 19.3 Å². The Morgan fingerprint density at radius 2 is 1.89 bits per heavy atom. The van der Waals surface area contributed by atoms with Gasteiger partial charge in [-0.05, 0) is 88.0 Å². The van der Waals surface area contributed by atoms with Crippen LogP contribution in [0.4, 0.5) is 0 Å². The van der Waals surface area contributed by atoms with Crippen LogP contribution in [-0.2, 0) is 0 Å². The van der Waals surface area contributed by atoms with Gasteiger partial charge in [0.25, 0.3) is 0 Å². The summed E-state index contributed by atoms with van der Waals surface area (Å²) in [7, 11) is 4.32. The quantitative estimate of drug-likeness (QED) is 0.627. The van der Waals surface area contributed by atoms with E-state index in [2.05, 4.69) is 93.5 Å². The summed E-state index contributed by atoms with van der Waals surface area (Å²) in [6, 6.07) is 8.42. The molecule has 0 aromatic heterocycles. The lowest BCUT2D eigenvalue weighted by Crippen LogP contribution is -2.37. The molecule has 0 aliphatic carbocycles. The molecular weight excluding hydrogens is 342 g/mol. The third kappa shape index (κ3) is 5.87. The SMILES string of the molecule is C=C/C(C)=C(/C)N(C)/C(=C\C(=C)c1ccccc1C)NCC1CCN(C)CC1. The van der Waals surface area contributed by atoms with Gasteiger partial charge in [0.1, 0.15) is 5.82 Å². The third-order valence-electron chi connectivity index (χ3n) is 5.95. The Labute approximate surface area is 172 Å². The molecule has 1 aliphatic heterocycles. The molecule has 3 nitrogen and oxygen atoms in total. The van der Waals surface area contributed by atoms with Crippen molar-refractivity contribution in [1.29, 1.82) is 0 Å². The maximum Gasteiger partial charge on any atom is 0.106 e. The Hall–Kier alpha value is -2.26. The van der Waals surface area contributed by atoms with Gasteiger partial charge in [0.15, 0.2) is 0 Å². The second-order valence-corrected chi connectivity index (χ2v) is 8.03. The van der Waals surface area contributed by atoms with Crippen LogP contribution in [0, 0.1) is 12.8 Å². The van der Waals surface area contributed by atoms with E-state index in [4.69, 9.17) is 0 Å². The van der Waals surface area contributed by atoms with E-state index in [0.29, 0.717) is 5.92 Å². The molecule has 0 saturated carbocycles. The molecule has 1 aromatic carbocycles. The number of benzene rings is 1. The van der Waals surface area contributed by atoms with Crippen molar-refractivity contribution in [1.82, 2.24) is 15.1 Å². The Balaban J connectivity index is 2.23. The molecule has 28 heavy (non-hydrogen) atoms. The van der Waals surface area contributed by atoms with Gasteiger partial charge in [-0.15, -0.1) is 0 Å². The van der Waals surface area contributed by atoms with Crippen LogP contribution in [0.1, 0.15) is 37.8 Å². The van der Waals surface area contributed by atoms with Crippen molar-refractivity contribution in [3.8, 4) is 0 Å². The summed E-state index contributed by atoms with van der Waals surface area (Å²) >= 11 is 0. The van der Waals surface area contributed by atoms with E-state index in [-0.39, 0.29) is 0 Å². The lowest BCUT2D eigenvalue weighted by atomic mass is 9.97. The van der Waals surface area contributed by atoms with Crippen LogP contribution in [0.5, 0.6) is 0 Å². The molecule has 1 aromatic rings. The number of piperidine rings is 1. The second kappa shape index (κ2) is 10.3. The summed E-state index contributed by atoms with van der Waals surface area (Å²) in [6.45, 7) is 18.0. The van der Waals surface area contributed by atoms with Crippen LogP contribution in [0.2, 0.25) is 0 Å². The predicted molar refractivity (Wildman–Crippen MR) is 123 cm³/mol. The molecule has 1 heterocycles. The standard InChI is InChI=1S/C25H37N3/c1-8-19(2)22(5)28(7)25(26-18-23-13-15-27(6)16-14-23)17-21(4)24-12-10-9-11-20(24)3/h8-12,17,23,26H,1,4,13-16,18H2,2-3,5-7H3/b22-19-,25-17-. The molecule has 0 spiro atoms. The first kappa shape index (κ1) is 22.0. The van der Waals surface area contributed by atoms with Crippen molar-refractivity contribution in [2.24, 2.45) is 5.92 Å². The average Bonchev–Trinajstić information content (AvgIpc) is 2.70. The van der Waals surface area contributed by atoms with Crippen molar-refractivity contribution in [3.05, 3.63) is 77.8 Å². The number of nitrogens with one attached hydrogen (secondary N) is 1. The maximum absolute atomic E-state index is 4.35. The van der Waals surface area contributed by atoms with Crippen LogP contribution >= 0.6 is 0 Å². The lowest BCUT2D eigenvalue weighted by Gasteiger charge is -2.32. The summed E-state index contributed by atoms with van der Waals surface area (Å²) in [5.74, 6) is 1.80. The summed E-state index contributed by atoms with van der Waals surface area (Å²) in [5, 5.41) is 3.72. The maximum atomic E-state index is 4.35. The summed E-state index contributed by atoms with van der Waals surface area (Å²) in [4.78, 5) is 4.63. The highest BCUT2D eigenvalue weighted by atomic mass is 15.2. The van der Waals surface area contributed by atoms with Crippen LogP contribution in [0.15, 0.2) is 66.7 Å². The van der Waals surface area contributed by atoms with E-state index in [1.165, 1.54) is 48.3 Å². The minimum Gasteiger partial charge on any atom is -0.371 e. The molecule has 152 valence electrons. The van der Waals surface area contributed by atoms with Gasteiger partial charge in [0.2, 0.25) is 0 Å². The van der Waals surface area contributed by atoms with E-state index < -0.39 is 0 Å². The number of allylic oxidation sites excluding steroid dienone is 5. The van der Waals surface area contributed by atoms with E-state index >= 15 is 0 Å². The van der Waals surface area contributed by atoms with E-state index in [1.54, 1.807) is 0 Å². The van der Waals surface area contributed by atoms with E-state index in [1.807, 2.05) is 6.08 Å². The number of hydrogen-bond donors (Lipinski definition) is 1. The summed E-state index contributed by atoms with van der Waals surface area (Å²) < 4.78 is 0. The zero-order chi connectivity index (χ0) is 20.7. The summed E-state index contributed by atoms with van der Waals surface area (Å²) in [6.07, 6.45) is 6.59. The van der Waals surface area contributed by atoms with Gasteiger partial charge in [-0.2, -0.15) is 0 Å². The highest BCUT2D eigenvalue weighted by molar-refractivity contribution is 5.74. The number of hydrogen-bond acceptors (Lipinski definition) is 3. The number of aryl methyl sites for hydroxylation is 1. The van der Waals surface area contributed by atoms with Gasteiger partial charge in [-0.1, -0.05) is 43.5 Å². The van der Waals surface area contributed by atoms with Gasteiger partial charge >= 0.3 is 0 Å². The van der Waals surface area contributed by atoms with E-state index in [0.717, 1.165) is 17.9 Å². The van der Waals surface area contributed by atoms with Gasteiger partial charge in [-0.3, -0.25) is 0 Å². The number of rotatable bonds is 8. The molecule has 1 aliphatic rings. The molecule has 1 N–H and O–H groups in total. The topological polar surface area (TPSA) is 18.5 Å². The van der Waals surface area contributed by atoms with Crippen molar-refractivity contribution >= 4 is 5.57 Å². The molecule has 0 atom stereocenters. The smallest absolute Gasteiger partial charge is 0.106 e. The highest BCUT2D eigenvalue weighted by Gasteiger charge is 2.18. The lowest BCUT2D eigenvalue weighted by molar-refractivity contribution is 0.216. The van der Waals surface area contributed by atoms with Crippen LogP contribution in [0.3, 0.4) is 0 Å². The molecule has 0 amide bonds. The molecule has 1 saturated heterocycles. The second-order valence-electron chi connectivity index (χ2n) is 8.03. The Morgan fingerprint density at radius 1 is 1.25 bits per heavy atom. The van der Waals surface area contributed by atoms with Crippen LogP contribution in [0.25, 0.3) is 5.57 Å². The van der Waals surface area contributed by atoms with Crippen molar-refractivity contribution in [2.75, 3.05) is 33.7 Å². The number of nitrogens with zero attached hydrogens (tertiary/aromatic N) is 2. The third-order valence-corrected chi connectivity index (χ3v) is 5.95. The van der Waals surface area contributed by atoms with E-state index in [9.17, 15) is 0 Å². The first-order valence-electron chi connectivity index (χ1n) is 10.3. The van der Waals surface area contributed by atoms with Crippen LogP contribution < -0.4 is 5.32 Å². The normalized spacial score (nSPS) is 17.1. The average molecular weight is 380 g/mol. The van der Waals surface area contributed by atoms with Gasteiger partial charge < -0.3 is 15.1 Å². The fourth-order valence-corrected chi connectivity index (χ4v) is 3.55. The summed E-state index contributed by atoms with van der Waals surface area (Å²) in [5.41, 5.74) is 5.83. The van der Waals surface area contributed by atoms with Crippen molar-refractivity contribution < 1.29 is 0 Å². The molecule has 2 rings (SSSR count). The molecule has 1 fully saturated rings. The Kier molecular flexibility index (Phi) is 8.13. The molecule has 3 heteroatoms. The van der Waals surface area contributed by atoms with Crippen molar-refractivity contribution in [2.45, 2.75) is 33.6 Å². The molecule has 0 unspecified atom stereocenters. The Bertz CT molecular complexity index is 749. The first-order valence-corrected chi connectivity index (χ1v) is 10.3. The predicted octanol–water partition coefficient (Wildman–Crippen LogP) is 5.19. The Morgan fingerprint density at radius 3 is 2.50 bits per heavy atom. The molecular formula is C25H37N3. The highest BCUT2D eigenvalue weighted by Crippen LogP contribution is 2.22. The molecule has 0 radical (unpaired) electrons. The zero-order valence-electron chi connectivity index (χ0n) is 18.4. The largest absolute Gasteiger partial charge is 0.371 e. The first-order chi connectivity index (χ1) is 13.3. The molecule has 0 bridgehead atoms. The monoisotopic (exact) mass is 379 g/mol. The number of likely N-dealkylation sites (tertiary alicyclic amines) is 1. The minimum atomic E-state index is 0.713. The fraction of sp³-hybridized carbons (Fsp3) is 0.440. The fourth-order valence-electron chi connectivity index (χ4n) is 3.55. The van der Waals surface area contributed by atoms with Crippen molar-refractivity contribution in [3.63, 3.8) is 0 Å². The zero-order valence-corrected chi connectivity index (χ0v) is 18.4. The minimum absolute atomic E-state index is 0.713. The van der Waals surface area contributed by atoms with Gasteiger partial charge in [-0.25, -0.2) is 0 Å².